The zero-order valence-corrected chi connectivity index (χ0v) is 12.2. The molecule has 0 saturated heterocycles. The average Bonchev–Trinajstić information content (AvgIpc) is 2.77. The van der Waals surface area contributed by atoms with Crippen molar-refractivity contribution in [2.45, 2.75) is 31.8 Å². The number of rotatable bonds is 2. The van der Waals surface area contributed by atoms with Crippen LogP contribution in [0.25, 0.3) is 0 Å². The molecule has 2 aromatic rings. The predicted molar refractivity (Wildman–Crippen MR) is 77.5 cm³/mol. The highest BCUT2D eigenvalue weighted by Crippen LogP contribution is 2.29. The lowest BCUT2D eigenvalue weighted by Crippen LogP contribution is -2.15. The molecule has 0 bridgehead atoms. The van der Waals surface area contributed by atoms with Crippen molar-refractivity contribution in [3.8, 4) is 0 Å². The van der Waals surface area contributed by atoms with Crippen LogP contribution < -0.4 is 5.73 Å². The van der Waals surface area contributed by atoms with Crippen LogP contribution in [-0.4, -0.2) is 4.57 Å². The molecule has 4 heteroatoms. The summed E-state index contributed by atoms with van der Waals surface area (Å²) in [4.78, 5) is 0. The van der Waals surface area contributed by atoms with Crippen molar-refractivity contribution < 1.29 is 4.39 Å². The van der Waals surface area contributed by atoms with Crippen molar-refractivity contribution in [3.05, 3.63) is 57.6 Å². The van der Waals surface area contributed by atoms with E-state index in [1.807, 2.05) is 16.7 Å². The number of halogens is 2. The lowest BCUT2D eigenvalue weighted by Gasteiger charge is -2.17. The summed E-state index contributed by atoms with van der Waals surface area (Å²) >= 11 is 3.27. The van der Waals surface area contributed by atoms with E-state index in [1.54, 1.807) is 0 Å². The number of hydrogen-bond donors (Lipinski definition) is 1. The summed E-state index contributed by atoms with van der Waals surface area (Å²) in [6.07, 6.45) is 7.45. The molecule has 1 aromatic carbocycles. The third-order valence-electron chi connectivity index (χ3n) is 3.73. The summed E-state index contributed by atoms with van der Waals surface area (Å²) in [5.74, 6) is -0.176. The van der Waals surface area contributed by atoms with Gasteiger partial charge in [-0.2, -0.15) is 0 Å². The van der Waals surface area contributed by atoms with E-state index < -0.39 is 0 Å². The highest BCUT2D eigenvalue weighted by atomic mass is 79.9. The minimum Gasteiger partial charge on any atom is -0.349 e. The van der Waals surface area contributed by atoms with Crippen molar-refractivity contribution in [1.29, 1.82) is 0 Å². The molecule has 1 heterocycles. The summed E-state index contributed by atoms with van der Waals surface area (Å²) in [5.41, 5.74) is 9.35. The van der Waals surface area contributed by atoms with Crippen molar-refractivity contribution in [1.82, 2.24) is 4.57 Å². The molecule has 3 rings (SSSR count). The van der Waals surface area contributed by atoms with Gasteiger partial charge in [0, 0.05) is 35.0 Å². The smallest absolute Gasteiger partial charge is 0.129 e. The maximum Gasteiger partial charge on any atom is 0.129 e. The number of fused-ring (bicyclic) bond motifs is 1. The molecule has 0 spiro atoms. The number of aromatic nitrogens is 1. The standard InChI is InChI=1S/C15H16BrFN2/c16-12-5-4-11(14(17)6-12)8-19-7-10-2-1-3-15(18)13(10)9-19/h4-7,9,15H,1-3,8,18H2. The molecule has 0 aliphatic heterocycles. The van der Waals surface area contributed by atoms with Gasteiger partial charge in [0.25, 0.3) is 0 Å². The monoisotopic (exact) mass is 322 g/mol. The van der Waals surface area contributed by atoms with E-state index in [0.717, 1.165) is 23.7 Å². The van der Waals surface area contributed by atoms with Gasteiger partial charge in [-0.25, -0.2) is 4.39 Å². The summed E-state index contributed by atoms with van der Waals surface area (Å²) < 4.78 is 16.6. The number of hydrogen-bond acceptors (Lipinski definition) is 1. The first kappa shape index (κ1) is 12.9. The SMILES string of the molecule is NC1CCCc2cn(Cc3ccc(Br)cc3F)cc21. The van der Waals surface area contributed by atoms with Gasteiger partial charge in [0.15, 0.2) is 0 Å². The summed E-state index contributed by atoms with van der Waals surface area (Å²) in [7, 11) is 0. The van der Waals surface area contributed by atoms with Crippen molar-refractivity contribution >= 4 is 15.9 Å². The van der Waals surface area contributed by atoms with Crippen LogP contribution in [0.2, 0.25) is 0 Å². The van der Waals surface area contributed by atoms with Crippen LogP contribution in [0.1, 0.15) is 35.6 Å². The Balaban J connectivity index is 1.87. The molecule has 1 aromatic heterocycles. The highest BCUT2D eigenvalue weighted by molar-refractivity contribution is 9.10. The first-order valence-electron chi connectivity index (χ1n) is 6.51. The van der Waals surface area contributed by atoms with E-state index in [4.69, 9.17) is 5.73 Å². The number of benzene rings is 1. The van der Waals surface area contributed by atoms with E-state index in [9.17, 15) is 4.39 Å². The van der Waals surface area contributed by atoms with Gasteiger partial charge >= 0.3 is 0 Å². The van der Waals surface area contributed by atoms with E-state index >= 15 is 0 Å². The Kier molecular flexibility index (Phi) is 3.46. The molecule has 0 amide bonds. The van der Waals surface area contributed by atoms with E-state index in [1.165, 1.54) is 17.2 Å². The minimum atomic E-state index is -0.176. The fraction of sp³-hybridized carbons (Fsp3) is 0.333. The molecular formula is C15H16BrFN2. The molecule has 19 heavy (non-hydrogen) atoms. The Morgan fingerprint density at radius 3 is 2.95 bits per heavy atom. The third kappa shape index (κ3) is 2.60. The first-order chi connectivity index (χ1) is 9.13. The Hall–Kier alpha value is -1.13. The van der Waals surface area contributed by atoms with Crippen LogP contribution in [0.4, 0.5) is 4.39 Å². The van der Waals surface area contributed by atoms with Crippen LogP contribution in [0.3, 0.4) is 0 Å². The van der Waals surface area contributed by atoms with Crippen LogP contribution >= 0.6 is 15.9 Å². The van der Waals surface area contributed by atoms with Crippen LogP contribution in [0.15, 0.2) is 35.1 Å². The fourth-order valence-corrected chi connectivity index (χ4v) is 3.06. The highest BCUT2D eigenvalue weighted by Gasteiger charge is 2.18. The van der Waals surface area contributed by atoms with E-state index in [2.05, 4.69) is 28.3 Å². The zero-order chi connectivity index (χ0) is 13.4. The van der Waals surface area contributed by atoms with Gasteiger partial charge in [0.1, 0.15) is 5.82 Å². The molecule has 1 aliphatic carbocycles. The normalized spacial score (nSPS) is 18.4. The second kappa shape index (κ2) is 5.10. The summed E-state index contributed by atoms with van der Waals surface area (Å²) in [6, 6.07) is 5.33. The lowest BCUT2D eigenvalue weighted by atomic mass is 9.92. The van der Waals surface area contributed by atoms with Crippen molar-refractivity contribution in [3.63, 3.8) is 0 Å². The van der Waals surface area contributed by atoms with Crippen molar-refractivity contribution in [2.24, 2.45) is 5.73 Å². The fourth-order valence-electron chi connectivity index (χ4n) is 2.72. The molecular weight excluding hydrogens is 307 g/mol. The second-order valence-corrected chi connectivity index (χ2v) is 6.06. The predicted octanol–water partition coefficient (Wildman–Crippen LogP) is 3.77. The van der Waals surface area contributed by atoms with Gasteiger partial charge in [-0.05, 0) is 42.5 Å². The number of aryl methyl sites for hydroxylation is 1. The van der Waals surface area contributed by atoms with Crippen LogP contribution in [0.5, 0.6) is 0 Å². The molecule has 100 valence electrons. The molecule has 0 fully saturated rings. The second-order valence-electron chi connectivity index (χ2n) is 5.15. The Labute approximate surface area is 120 Å². The maximum atomic E-state index is 13.8. The quantitative estimate of drug-likeness (QED) is 0.896. The number of nitrogens with zero attached hydrogens (tertiary/aromatic N) is 1. The van der Waals surface area contributed by atoms with Crippen LogP contribution in [-0.2, 0) is 13.0 Å². The van der Waals surface area contributed by atoms with Crippen molar-refractivity contribution in [2.75, 3.05) is 0 Å². The topological polar surface area (TPSA) is 30.9 Å². The molecule has 1 aliphatic rings. The maximum absolute atomic E-state index is 13.8. The van der Waals surface area contributed by atoms with Gasteiger partial charge in [-0.1, -0.05) is 22.0 Å². The first-order valence-corrected chi connectivity index (χ1v) is 7.31. The van der Waals surface area contributed by atoms with Gasteiger partial charge in [0.05, 0.1) is 0 Å². The van der Waals surface area contributed by atoms with Gasteiger partial charge < -0.3 is 10.3 Å². The molecule has 1 atom stereocenters. The average molecular weight is 323 g/mol. The van der Waals surface area contributed by atoms with E-state index in [-0.39, 0.29) is 11.9 Å². The number of nitrogens with two attached hydrogens (primary N) is 1. The molecule has 0 saturated carbocycles. The largest absolute Gasteiger partial charge is 0.349 e. The van der Waals surface area contributed by atoms with E-state index in [0.29, 0.717) is 12.1 Å². The Morgan fingerprint density at radius 2 is 2.21 bits per heavy atom. The zero-order valence-electron chi connectivity index (χ0n) is 10.6. The third-order valence-corrected chi connectivity index (χ3v) is 4.22. The summed E-state index contributed by atoms with van der Waals surface area (Å²) in [5, 5.41) is 0. The van der Waals surface area contributed by atoms with Crippen LogP contribution in [0, 0.1) is 5.82 Å². The van der Waals surface area contributed by atoms with Gasteiger partial charge in [-0.3, -0.25) is 0 Å². The summed E-state index contributed by atoms with van der Waals surface area (Å²) in [6.45, 7) is 0.554. The molecule has 0 radical (unpaired) electrons. The molecule has 1 unspecified atom stereocenters. The van der Waals surface area contributed by atoms with Gasteiger partial charge in [-0.15, -0.1) is 0 Å². The molecule has 2 N–H and O–H groups in total. The Morgan fingerprint density at radius 1 is 1.37 bits per heavy atom. The lowest BCUT2D eigenvalue weighted by molar-refractivity contribution is 0.573. The van der Waals surface area contributed by atoms with Gasteiger partial charge in [0.2, 0.25) is 0 Å². The Bertz CT molecular complexity index is 606. The minimum absolute atomic E-state index is 0.139. The molecule has 2 nitrogen and oxygen atoms in total.